The molecule has 0 saturated heterocycles. The van der Waals surface area contributed by atoms with Crippen LogP contribution in [0.15, 0.2) is 200 Å². The van der Waals surface area contributed by atoms with Crippen molar-refractivity contribution < 1.29 is 35.2 Å². The molecule has 8 aromatic carbocycles. The molecule has 0 spiro atoms. The van der Waals surface area contributed by atoms with Crippen LogP contribution in [0, 0.1) is 51.0 Å². The molecule has 0 amide bonds. The maximum Gasteiger partial charge on any atom is 0.124 e. The first-order chi connectivity index (χ1) is 35.0. The maximum atomic E-state index is 14.9. The number of benzene rings is 8. The molecule has 0 unspecified atom stereocenters. The molecular formula is C60H42F4N4O4. The smallest absolute Gasteiger partial charge is 0.124 e. The first kappa shape index (κ1) is 44.1. The number of furan rings is 4. The van der Waals surface area contributed by atoms with Crippen molar-refractivity contribution in [3.05, 3.63) is 229 Å². The third kappa shape index (κ3) is 7.29. The van der Waals surface area contributed by atoms with E-state index in [0.29, 0.717) is 91.3 Å². The Balaban J connectivity index is 1.29. The van der Waals surface area contributed by atoms with E-state index in [1.54, 1.807) is 73.6 Å². The highest BCUT2D eigenvalue weighted by Gasteiger charge is 2.31. The van der Waals surface area contributed by atoms with Crippen molar-refractivity contribution in [2.75, 3.05) is 19.6 Å². The third-order valence-corrected chi connectivity index (χ3v) is 13.4. The van der Waals surface area contributed by atoms with Crippen molar-refractivity contribution in [1.29, 1.82) is 0 Å². The molecule has 0 atom stereocenters. The van der Waals surface area contributed by atoms with E-state index < -0.39 is 23.3 Å². The zero-order chi connectivity index (χ0) is 49.4. The number of nitrogens with zero attached hydrogens (tertiary/aromatic N) is 4. The number of rotatable bonds is 12. The topological polar surface area (TPSA) is 65.5 Å². The summed E-state index contributed by atoms with van der Waals surface area (Å²) in [5.41, 5.74) is 8.35. The summed E-state index contributed by atoms with van der Waals surface area (Å²) in [7, 11) is 0. The fourth-order valence-electron chi connectivity index (χ4n) is 10.1. The summed E-state index contributed by atoms with van der Waals surface area (Å²) in [6.45, 7) is 7.52. The molecule has 354 valence electrons. The van der Waals surface area contributed by atoms with Gasteiger partial charge in [0.25, 0.3) is 0 Å². The van der Waals surface area contributed by atoms with Gasteiger partial charge in [-0.1, -0.05) is 24.3 Å². The minimum absolute atomic E-state index is 0.395. The van der Waals surface area contributed by atoms with E-state index in [4.69, 9.17) is 17.7 Å². The van der Waals surface area contributed by atoms with Crippen LogP contribution in [0.25, 0.3) is 32.3 Å². The van der Waals surface area contributed by atoms with Gasteiger partial charge in [0.1, 0.15) is 46.3 Å². The number of halogens is 4. The van der Waals surface area contributed by atoms with Gasteiger partial charge >= 0.3 is 0 Å². The molecular weight excluding hydrogens is 917 g/mol. The Labute approximate surface area is 410 Å². The molecule has 8 nitrogen and oxygen atoms in total. The second kappa shape index (κ2) is 17.4. The van der Waals surface area contributed by atoms with Gasteiger partial charge < -0.3 is 37.3 Å². The lowest BCUT2D eigenvalue weighted by atomic mass is 9.89. The molecule has 0 N–H and O–H groups in total. The van der Waals surface area contributed by atoms with Crippen molar-refractivity contribution in [1.82, 2.24) is 0 Å². The lowest BCUT2D eigenvalue weighted by Gasteiger charge is -2.34. The molecule has 12 heteroatoms. The normalized spacial score (nSPS) is 11.6. The molecule has 0 bridgehead atoms. The van der Waals surface area contributed by atoms with Gasteiger partial charge in [0.2, 0.25) is 0 Å². The van der Waals surface area contributed by atoms with Crippen LogP contribution in [0.2, 0.25) is 0 Å². The van der Waals surface area contributed by atoms with Gasteiger partial charge in [0.15, 0.2) is 0 Å². The number of hydrogen-bond acceptors (Lipinski definition) is 8. The van der Waals surface area contributed by atoms with Gasteiger partial charge in [-0.3, -0.25) is 0 Å². The summed E-state index contributed by atoms with van der Waals surface area (Å²) in [5, 5.41) is 4.97. The van der Waals surface area contributed by atoms with Crippen molar-refractivity contribution >= 4 is 101 Å². The quantitative estimate of drug-likeness (QED) is 0.0886. The molecule has 4 aromatic heterocycles. The Morgan fingerprint density at radius 2 is 0.472 bits per heavy atom. The second-order valence-corrected chi connectivity index (χ2v) is 17.6. The Bertz CT molecular complexity index is 3430. The van der Waals surface area contributed by atoms with Crippen LogP contribution in [0.1, 0.15) is 23.0 Å². The van der Waals surface area contributed by atoms with Crippen LogP contribution in [0.3, 0.4) is 0 Å². The highest BCUT2D eigenvalue weighted by Crippen LogP contribution is 2.56. The van der Waals surface area contributed by atoms with Gasteiger partial charge in [0, 0.05) is 79.3 Å². The molecule has 0 aliphatic heterocycles. The summed E-state index contributed by atoms with van der Waals surface area (Å²) in [6, 6.07) is 45.3. The summed E-state index contributed by atoms with van der Waals surface area (Å²) < 4.78 is 83.5. The van der Waals surface area contributed by atoms with E-state index in [2.05, 4.69) is 56.0 Å². The van der Waals surface area contributed by atoms with Crippen molar-refractivity contribution in [3.8, 4) is 0 Å². The molecule has 0 radical (unpaired) electrons. The second-order valence-electron chi connectivity index (χ2n) is 17.6. The fraction of sp³-hybridized carbons (Fsp3) is 0.0667. The predicted molar refractivity (Wildman–Crippen MR) is 277 cm³/mol. The minimum Gasteiger partial charge on any atom is -0.467 e. The highest BCUT2D eigenvalue weighted by atomic mass is 19.1. The molecule has 4 heterocycles. The lowest BCUT2D eigenvalue weighted by Crippen LogP contribution is -2.16. The van der Waals surface area contributed by atoms with Gasteiger partial charge in [-0.25, -0.2) is 17.6 Å². The van der Waals surface area contributed by atoms with Crippen LogP contribution in [-0.4, -0.2) is 0 Å². The minimum atomic E-state index is -0.395. The molecule has 12 rings (SSSR count). The van der Waals surface area contributed by atoms with Crippen molar-refractivity contribution in [2.45, 2.75) is 27.7 Å². The predicted octanol–water partition coefficient (Wildman–Crippen LogP) is 18.6. The Hall–Kier alpha value is -9.16. The van der Waals surface area contributed by atoms with E-state index in [1.807, 2.05) is 52.0 Å². The number of anilines is 12. The van der Waals surface area contributed by atoms with Gasteiger partial charge in [-0.2, -0.15) is 0 Å². The van der Waals surface area contributed by atoms with Crippen molar-refractivity contribution in [2.24, 2.45) is 0 Å². The number of aryl methyl sites for hydroxylation is 4. The fourth-order valence-corrected chi connectivity index (χ4v) is 10.1. The van der Waals surface area contributed by atoms with Gasteiger partial charge in [0.05, 0.1) is 70.6 Å². The standard InChI is InChI=1S/C60H42F4N4O4/c1-35-51(25-29-69-35)65(43-13-5-39(61)6-14-43)55-33-56(66(52-26-30-70-36(52)2)44-15-7-40(62)8-16-44)48-23-24-50-58(68(54-28-32-72-38(54)4)46-19-11-42(64)12-20-46)34-57(49-22-21-47(55)59(48)60(49)50)67(53-27-31-71-37(53)3)45-17-9-41(63)10-18-45/h5-34H,1-4H3. The van der Waals surface area contributed by atoms with E-state index >= 15 is 0 Å². The highest BCUT2D eigenvalue weighted by molar-refractivity contribution is 6.33. The molecule has 0 aliphatic carbocycles. The summed E-state index contributed by atoms with van der Waals surface area (Å²) in [6.07, 6.45) is 6.50. The Morgan fingerprint density at radius 3 is 0.653 bits per heavy atom. The summed E-state index contributed by atoms with van der Waals surface area (Å²) >= 11 is 0. The number of hydrogen-bond donors (Lipinski definition) is 0. The van der Waals surface area contributed by atoms with E-state index in [0.717, 1.165) is 32.3 Å². The van der Waals surface area contributed by atoms with E-state index in [1.165, 1.54) is 48.5 Å². The van der Waals surface area contributed by atoms with E-state index in [-0.39, 0.29) is 0 Å². The zero-order valence-electron chi connectivity index (χ0n) is 39.3. The lowest BCUT2D eigenvalue weighted by molar-refractivity contribution is 0.534. The molecule has 12 aromatic rings. The van der Waals surface area contributed by atoms with Crippen LogP contribution in [-0.2, 0) is 0 Å². The largest absolute Gasteiger partial charge is 0.467 e. The van der Waals surface area contributed by atoms with E-state index in [9.17, 15) is 17.6 Å². The van der Waals surface area contributed by atoms with Gasteiger partial charge in [-0.05, 0) is 137 Å². The first-order valence-corrected chi connectivity index (χ1v) is 23.2. The maximum absolute atomic E-state index is 14.9. The Morgan fingerprint density at radius 1 is 0.264 bits per heavy atom. The summed E-state index contributed by atoms with van der Waals surface area (Å²) in [4.78, 5) is 8.22. The molecule has 0 saturated carbocycles. The van der Waals surface area contributed by atoms with Crippen LogP contribution in [0.4, 0.5) is 85.8 Å². The molecule has 72 heavy (non-hydrogen) atoms. The monoisotopic (exact) mass is 958 g/mol. The summed E-state index contributed by atoms with van der Waals surface area (Å²) in [5.74, 6) is 0.896. The van der Waals surface area contributed by atoms with Crippen molar-refractivity contribution in [3.63, 3.8) is 0 Å². The van der Waals surface area contributed by atoms with Gasteiger partial charge in [-0.15, -0.1) is 0 Å². The molecule has 0 fully saturated rings. The zero-order valence-corrected chi connectivity index (χ0v) is 39.3. The average molecular weight is 959 g/mol. The van der Waals surface area contributed by atoms with Crippen LogP contribution in [0.5, 0.6) is 0 Å². The molecule has 0 aliphatic rings. The van der Waals surface area contributed by atoms with Crippen LogP contribution < -0.4 is 19.6 Å². The average Bonchev–Trinajstić information content (AvgIpc) is 4.22. The SMILES string of the molecule is Cc1occc1N(c1ccc(F)cc1)c1cc(N(c2ccc(F)cc2)c2ccoc2C)c2ccc3c(N(c4ccc(F)cc4)c4ccoc4C)cc(N(c4ccc(F)cc4)c4ccoc4C)c4ccc1c2c43. The Kier molecular flexibility index (Phi) is 10.6. The third-order valence-electron chi connectivity index (χ3n) is 13.4. The van der Waals surface area contributed by atoms with Crippen LogP contribution >= 0.6 is 0 Å². The first-order valence-electron chi connectivity index (χ1n) is 23.2.